The van der Waals surface area contributed by atoms with Crippen LogP contribution in [0.15, 0.2) is 18.2 Å². The van der Waals surface area contributed by atoms with Crippen molar-refractivity contribution in [3.63, 3.8) is 0 Å². The first-order chi connectivity index (χ1) is 9.47. The van der Waals surface area contributed by atoms with E-state index in [0.717, 1.165) is 6.07 Å². The smallest absolute Gasteiger partial charge is 0.339 e. The highest BCUT2D eigenvalue weighted by Gasteiger charge is 2.23. The fourth-order valence-corrected chi connectivity index (χ4v) is 1.47. The van der Waals surface area contributed by atoms with Crippen LogP contribution in [0.2, 0.25) is 0 Å². The second-order valence-electron chi connectivity index (χ2n) is 3.84. The molecule has 0 radical (unpaired) electrons. The monoisotopic (exact) mass is 285 g/mol. The molecule has 8 heteroatoms. The zero-order valence-corrected chi connectivity index (χ0v) is 10.8. The summed E-state index contributed by atoms with van der Waals surface area (Å²) in [5.74, 6) is -1.72. The first kappa shape index (κ1) is 15.9. The van der Waals surface area contributed by atoms with E-state index in [0.29, 0.717) is 6.61 Å². The molecule has 2 N–H and O–H groups in total. The molecule has 0 aromatic heterocycles. The van der Waals surface area contributed by atoms with Crippen LogP contribution in [-0.4, -0.2) is 47.0 Å². The second-order valence-corrected chi connectivity index (χ2v) is 3.84. The van der Waals surface area contributed by atoms with Gasteiger partial charge in [0.05, 0.1) is 11.5 Å². The quantitative estimate of drug-likeness (QED) is 0.541. The number of hydrogen-bond donors (Lipinski definition) is 2. The van der Waals surface area contributed by atoms with Gasteiger partial charge in [-0.05, 0) is 13.0 Å². The molecule has 1 aromatic carbocycles. The maximum absolute atomic E-state index is 11.0. The second kappa shape index (κ2) is 7.41. The summed E-state index contributed by atoms with van der Waals surface area (Å²) in [7, 11) is 0. The molecule has 0 heterocycles. The van der Waals surface area contributed by atoms with E-state index >= 15 is 0 Å². The Bertz CT molecular complexity index is 456. The van der Waals surface area contributed by atoms with Crippen molar-refractivity contribution in [2.24, 2.45) is 0 Å². The highest BCUT2D eigenvalue weighted by atomic mass is 16.6. The van der Waals surface area contributed by atoms with Gasteiger partial charge >= 0.3 is 11.7 Å². The molecule has 0 aliphatic carbocycles. The molecule has 1 atom stereocenters. The molecule has 1 aromatic rings. The molecule has 1 unspecified atom stereocenters. The summed E-state index contributed by atoms with van der Waals surface area (Å²) in [5.41, 5.74) is -0.795. The van der Waals surface area contributed by atoms with Crippen molar-refractivity contribution in [1.82, 2.24) is 0 Å². The number of nitro benzene ring substituents is 1. The highest BCUT2D eigenvalue weighted by molar-refractivity contribution is 5.92. The van der Waals surface area contributed by atoms with Crippen LogP contribution in [0, 0.1) is 10.1 Å². The van der Waals surface area contributed by atoms with Gasteiger partial charge in [-0.3, -0.25) is 10.1 Å². The van der Waals surface area contributed by atoms with E-state index in [9.17, 15) is 20.0 Å². The zero-order valence-electron chi connectivity index (χ0n) is 10.8. The Morgan fingerprint density at radius 1 is 1.45 bits per heavy atom. The van der Waals surface area contributed by atoms with Crippen LogP contribution in [0.5, 0.6) is 5.75 Å². The minimum atomic E-state index is -1.34. The standard InChI is InChI=1S/C12H15NO7/c1-2-19-6-8(14)7-20-11-9(12(15)16)4-3-5-10(11)13(17)18/h3-5,8,14H,2,6-7H2,1H3,(H,15,16). The Morgan fingerprint density at radius 2 is 2.15 bits per heavy atom. The molecule has 0 aliphatic rings. The van der Waals surface area contributed by atoms with Gasteiger partial charge in [0.1, 0.15) is 18.3 Å². The average Bonchev–Trinajstić information content (AvgIpc) is 2.42. The lowest BCUT2D eigenvalue weighted by Gasteiger charge is -2.13. The predicted molar refractivity (Wildman–Crippen MR) is 68.1 cm³/mol. The van der Waals surface area contributed by atoms with Gasteiger partial charge in [-0.2, -0.15) is 0 Å². The summed E-state index contributed by atoms with van der Waals surface area (Å²) in [4.78, 5) is 21.1. The van der Waals surface area contributed by atoms with Crippen LogP contribution >= 0.6 is 0 Å². The van der Waals surface area contributed by atoms with E-state index < -0.39 is 22.7 Å². The van der Waals surface area contributed by atoms with E-state index in [4.69, 9.17) is 14.6 Å². The molecular weight excluding hydrogens is 270 g/mol. The van der Waals surface area contributed by atoms with Crippen LogP contribution in [-0.2, 0) is 4.74 Å². The van der Waals surface area contributed by atoms with Gasteiger partial charge in [-0.25, -0.2) is 4.79 Å². The Labute approximate surface area is 114 Å². The molecule has 0 spiro atoms. The van der Waals surface area contributed by atoms with Crippen LogP contribution < -0.4 is 4.74 Å². The van der Waals surface area contributed by atoms with E-state index in [1.165, 1.54) is 12.1 Å². The molecule has 20 heavy (non-hydrogen) atoms. The topological polar surface area (TPSA) is 119 Å². The first-order valence-corrected chi connectivity index (χ1v) is 5.86. The number of nitrogens with zero attached hydrogens (tertiary/aromatic N) is 1. The fourth-order valence-electron chi connectivity index (χ4n) is 1.47. The van der Waals surface area contributed by atoms with Gasteiger partial charge in [0, 0.05) is 12.7 Å². The van der Waals surface area contributed by atoms with Gasteiger partial charge in [0.2, 0.25) is 5.75 Å². The molecule has 0 amide bonds. The van der Waals surface area contributed by atoms with Crippen LogP contribution in [0.1, 0.15) is 17.3 Å². The summed E-state index contributed by atoms with van der Waals surface area (Å²) in [6, 6.07) is 3.58. The lowest BCUT2D eigenvalue weighted by Crippen LogP contribution is -2.24. The maximum Gasteiger partial charge on any atom is 0.339 e. The number of benzene rings is 1. The molecule has 110 valence electrons. The van der Waals surface area contributed by atoms with Gasteiger partial charge in [0.15, 0.2) is 0 Å². The third-order valence-electron chi connectivity index (χ3n) is 2.36. The van der Waals surface area contributed by atoms with Gasteiger partial charge in [-0.15, -0.1) is 0 Å². The Kier molecular flexibility index (Phi) is 5.88. The number of aliphatic hydroxyl groups excluding tert-OH is 1. The molecule has 1 rings (SSSR count). The number of ether oxygens (including phenoxy) is 2. The Morgan fingerprint density at radius 3 is 2.70 bits per heavy atom. The fraction of sp³-hybridized carbons (Fsp3) is 0.417. The number of carbonyl (C=O) groups is 1. The Hall–Kier alpha value is -2.19. The van der Waals surface area contributed by atoms with E-state index in [-0.39, 0.29) is 24.5 Å². The first-order valence-electron chi connectivity index (χ1n) is 5.86. The van der Waals surface area contributed by atoms with E-state index in [1.54, 1.807) is 6.92 Å². The van der Waals surface area contributed by atoms with Gasteiger partial charge in [-0.1, -0.05) is 6.07 Å². The van der Waals surface area contributed by atoms with Crippen molar-refractivity contribution in [3.05, 3.63) is 33.9 Å². The van der Waals surface area contributed by atoms with Crippen molar-refractivity contribution < 1.29 is 29.4 Å². The minimum absolute atomic E-state index is 0.000460. The zero-order chi connectivity index (χ0) is 15.1. The summed E-state index contributed by atoms with van der Waals surface area (Å²) in [6.07, 6.45) is -1.00. The van der Waals surface area contributed by atoms with Gasteiger partial charge in [0.25, 0.3) is 0 Å². The summed E-state index contributed by atoms with van der Waals surface area (Å²) in [6.45, 7) is 1.85. The average molecular weight is 285 g/mol. The Balaban J connectivity index is 2.91. The summed E-state index contributed by atoms with van der Waals surface area (Å²) < 4.78 is 10.1. The van der Waals surface area contributed by atoms with Gasteiger partial charge < -0.3 is 19.7 Å². The lowest BCUT2D eigenvalue weighted by atomic mass is 10.1. The maximum atomic E-state index is 11.0. The number of carboxylic acid groups (broad SMARTS) is 1. The third-order valence-corrected chi connectivity index (χ3v) is 2.36. The van der Waals surface area contributed by atoms with Crippen LogP contribution in [0.25, 0.3) is 0 Å². The van der Waals surface area contributed by atoms with Crippen LogP contribution in [0.4, 0.5) is 5.69 Å². The number of hydrogen-bond acceptors (Lipinski definition) is 6. The van der Waals surface area contributed by atoms with Crippen molar-refractivity contribution in [2.45, 2.75) is 13.0 Å². The minimum Gasteiger partial charge on any atom is -0.483 e. The molecule has 0 bridgehead atoms. The summed E-state index contributed by atoms with van der Waals surface area (Å²) >= 11 is 0. The normalized spacial score (nSPS) is 11.9. The van der Waals surface area contributed by atoms with Crippen molar-refractivity contribution in [3.8, 4) is 5.75 Å². The number of carboxylic acids is 1. The number of nitro groups is 1. The lowest BCUT2D eigenvalue weighted by molar-refractivity contribution is -0.386. The number of rotatable bonds is 8. The summed E-state index contributed by atoms with van der Waals surface area (Å²) in [5, 5.41) is 29.4. The molecule has 0 saturated carbocycles. The molecule has 8 nitrogen and oxygen atoms in total. The largest absolute Gasteiger partial charge is 0.483 e. The number of para-hydroxylation sites is 1. The van der Waals surface area contributed by atoms with Crippen LogP contribution in [0.3, 0.4) is 0 Å². The molecule has 0 fully saturated rings. The van der Waals surface area contributed by atoms with E-state index in [2.05, 4.69) is 0 Å². The molecule has 0 saturated heterocycles. The van der Waals surface area contributed by atoms with E-state index in [1.807, 2.05) is 0 Å². The molecular formula is C12H15NO7. The SMILES string of the molecule is CCOCC(O)COc1c(C(=O)O)cccc1[N+](=O)[O-]. The predicted octanol–water partition coefficient (Wildman–Crippen LogP) is 1.07. The van der Waals surface area contributed by atoms with Crippen molar-refractivity contribution in [2.75, 3.05) is 19.8 Å². The number of aromatic carboxylic acids is 1. The number of aliphatic hydroxyl groups is 1. The van der Waals surface area contributed by atoms with Crippen molar-refractivity contribution >= 4 is 11.7 Å². The van der Waals surface area contributed by atoms with Crippen molar-refractivity contribution in [1.29, 1.82) is 0 Å². The highest BCUT2D eigenvalue weighted by Crippen LogP contribution is 2.31. The molecule has 0 aliphatic heterocycles. The third kappa shape index (κ3) is 4.18.